The lowest BCUT2D eigenvalue weighted by molar-refractivity contribution is -0.115. The molecule has 9 heteroatoms. The van der Waals surface area contributed by atoms with Crippen molar-refractivity contribution in [2.45, 2.75) is 20.3 Å². The van der Waals surface area contributed by atoms with Gasteiger partial charge in [0.15, 0.2) is 5.13 Å². The third kappa shape index (κ3) is 4.94. The fourth-order valence-electron chi connectivity index (χ4n) is 3.41. The zero-order valence-corrected chi connectivity index (χ0v) is 20.2. The minimum absolute atomic E-state index is 0.264. The largest absolute Gasteiger partial charge is 0.378 e. The van der Waals surface area contributed by atoms with Crippen LogP contribution in [0.25, 0.3) is 21.0 Å². The summed E-state index contributed by atoms with van der Waals surface area (Å²) in [5.74, 6) is -2.03. The van der Waals surface area contributed by atoms with E-state index in [4.69, 9.17) is 0 Å². The molecule has 1 N–H and O–H groups in total. The molecular formula is C24H22F2N4OS2. The van der Waals surface area contributed by atoms with Crippen LogP contribution in [0.4, 0.5) is 19.6 Å². The van der Waals surface area contributed by atoms with Gasteiger partial charge in [-0.1, -0.05) is 29.5 Å². The lowest BCUT2D eigenvalue weighted by Crippen LogP contribution is -2.16. The van der Waals surface area contributed by atoms with Gasteiger partial charge in [0.05, 0.1) is 26.9 Å². The van der Waals surface area contributed by atoms with E-state index in [1.807, 2.05) is 57.1 Å². The number of carbonyl (C=O) groups is 1. The Morgan fingerprint density at radius 3 is 2.21 bits per heavy atom. The fourth-order valence-corrected chi connectivity index (χ4v) is 5.38. The van der Waals surface area contributed by atoms with E-state index >= 15 is 0 Å². The maximum atomic E-state index is 14.0. The number of anilines is 2. The standard InChI is InChI=1S/C24H22F2N4OS2/c1-13-22(32-14(2)27-13)21-23(15-8-10-16(11-9-15)30(3)4)33-24(29-21)28-20(31)12-17-18(25)6-5-7-19(17)26/h5-11H,12H2,1-4H3,(H,28,29,31). The van der Waals surface area contributed by atoms with Gasteiger partial charge in [-0.25, -0.2) is 18.7 Å². The Balaban J connectivity index is 1.69. The molecule has 0 spiro atoms. The molecule has 0 aliphatic carbocycles. The van der Waals surface area contributed by atoms with Gasteiger partial charge in [0.25, 0.3) is 0 Å². The van der Waals surface area contributed by atoms with Crippen molar-refractivity contribution in [1.29, 1.82) is 0 Å². The second kappa shape index (κ2) is 9.36. The monoisotopic (exact) mass is 484 g/mol. The third-order valence-corrected chi connectivity index (χ3v) is 7.14. The average Bonchev–Trinajstić information content (AvgIpc) is 3.32. The quantitative estimate of drug-likeness (QED) is 0.361. The highest BCUT2D eigenvalue weighted by molar-refractivity contribution is 7.20. The molecule has 5 nitrogen and oxygen atoms in total. The Labute approximate surface area is 198 Å². The zero-order chi connectivity index (χ0) is 23.7. The molecule has 0 fully saturated rings. The van der Waals surface area contributed by atoms with Crippen LogP contribution in [0.1, 0.15) is 16.3 Å². The minimum atomic E-state index is -0.748. The number of rotatable bonds is 6. The highest BCUT2D eigenvalue weighted by Crippen LogP contribution is 2.42. The van der Waals surface area contributed by atoms with Gasteiger partial charge in [-0.2, -0.15) is 0 Å². The summed E-state index contributed by atoms with van der Waals surface area (Å²) in [5.41, 5.74) is 3.35. The van der Waals surface area contributed by atoms with Gasteiger partial charge in [0, 0.05) is 25.3 Å². The molecule has 2 heterocycles. The first-order chi connectivity index (χ1) is 15.7. The van der Waals surface area contributed by atoms with Crippen LogP contribution in [-0.4, -0.2) is 30.0 Å². The van der Waals surface area contributed by atoms with E-state index in [1.54, 1.807) is 0 Å². The molecule has 2 aromatic carbocycles. The van der Waals surface area contributed by atoms with Crippen LogP contribution in [0.5, 0.6) is 0 Å². The summed E-state index contributed by atoms with van der Waals surface area (Å²) >= 11 is 2.86. The van der Waals surface area contributed by atoms with Crippen molar-refractivity contribution in [2.24, 2.45) is 0 Å². The van der Waals surface area contributed by atoms with Crippen molar-refractivity contribution < 1.29 is 13.6 Å². The van der Waals surface area contributed by atoms with E-state index in [2.05, 4.69) is 15.3 Å². The number of aryl methyl sites for hydroxylation is 2. The summed E-state index contributed by atoms with van der Waals surface area (Å²) in [7, 11) is 3.95. The Hall–Kier alpha value is -3.17. The molecule has 0 aliphatic rings. The highest BCUT2D eigenvalue weighted by atomic mass is 32.1. The van der Waals surface area contributed by atoms with Crippen molar-refractivity contribution in [3.63, 3.8) is 0 Å². The van der Waals surface area contributed by atoms with Gasteiger partial charge >= 0.3 is 0 Å². The van der Waals surface area contributed by atoms with Gasteiger partial charge < -0.3 is 10.2 Å². The van der Waals surface area contributed by atoms with Gasteiger partial charge in [-0.15, -0.1) is 11.3 Å². The van der Waals surface area contributed by atoms with Crippen molar-refractivity contribution in [3.8, 4) is 21.0 Å². The lowest BCUT2D eigenvalue weighted by Gasteiger charge is -2.12. The molecule has 33 heavy (non-hydrogen) atoms. The number of hydrogen-bond donors (Lipinski definition) is 1. The number of amides is 1. The summed E-state index contributed by atoms with van der Waals surface area (Å²) in [6, 6.07) is 11.6. The Morgan fingerprint density at radius 2 is 1.64 bits per heavy atom. The maximum Gasteiger partial charge on any atom is 0.230 e. The molecule has 0 bridgehead atoms. The number of carbonyl (C=O) groups excluding carboxylic acids is 1. The van der Waals surface area contributed by atoms with Crippen LogP contribution in [0, 0.1) is 25.5 Å². The first-order valence-corrected chi connectivity index (χ1v) is 11.8. The lowest BCUT2D eigenvalue weighted by atomic mass is 10.1. The van der Waals surface area contributed by atoms with E-state index in [0.717, 1.165) is 49.5 Å². The second-order valence-electron chi connectivity index (χ2n) is 7.71. The summed E-state index contributed by atoms with van der Waals surface area (Å²) in [5, 5.41) is 4.00. The predicted molar refractivity (Wildman–Crippen MR) is 131 cm³/mol. The normalized spacial score (nSPS) is 11.0. The number of benzene rings is 2. The van der Waals surface area contributed by atoms with E-state index in [1.165, 1.54) is 28.7 Å². The molecule has 0 atom stereocenters. The molecule has 0 unspecified atom stereocenters. The second-order valence-corrected chi connectivity index (χ2v) is 9.91. The average molecular weight is 485 g/mol. The number of aromatic nitrogens is 2. The Morgan fingerprint density at radius 1 is 0.970 bits per heavy atom. The number of hydrogen-bond acceptors (Lipinski definition) is 6. The van der Waals surface area contributed by atoms with Gasteiger partial charge in [-0.05, 0) is 43.7 Å². The summed E-state index contributed by atoms with van der Waals surface area (Å²) < 4.78 is 27.9. The SMILES string of the molecule is Cc1nc(C)c(-c2nc(NC(=O)Cc3c(F)cccc3F)sc2-c2ccc(N(C)C)cc2)s1. The first-order valence-electron chi connectivity index (χ1n) is 10.2. The van der Waals surface area contributed by atoms with Crippen molar-refractivity contribution in [3.05, 3.63) is 70.4 Å². The summed E-state index contributed by atoms with van der Waals surface area (Å²) in [6.45, 7) is 3.86. The molecular weight excluding hydrogens is 462 g/mol. The zero-order valence-electron chi connectivity index (χ0n) is 18.6. The molecule has 0 saturated heterocycles. The molecule has 0 saturated carbocycles. The minimum Gasteiger partial charge on any atom is -0.378 e. The number of nitrogens with one attached hydrogen (secondary N) is 1. The number of nitrogens with zero attached hydrogens (tertiary/aromatic N) is 3. The predicted octanol–water partition coefficient (Wildman–Crippen LogP) is 6.08. The van der Waals surface area contributed by atoms with Crippen LogP contribution < -0.4 is 10.2 Å². The Kier molecular flexibility index (Phi) is 6.53. The smallest absolute Gasteiger partial charge is 0.230 e. The summed E-state index contributed by atoms with van der Waals surface area (Å²) in [4.78, 5) is 25.6. The number of thiazole rings is 2. The molecule has 0 radical (unpaired) electrons. The van der Waals surface area contributed by atoms with E-state index in [0.29, 0.717) is 5.13 Å². The van der Waals surface area contributed by atoms with Gasteiger partial charge in [-0.3, -0.25) is 4.79 Å². The molecule has 4 rings (SSSR count). The topological polar surface area (TPSA) is 58.1 Å². The maximum absolute atomic E-state index is 14.0. The third-order valence-electron chi connectivity index (χ3n) is 5.04. The fraction of sp³-hybridized carbons (Fsp3) is 0.208. The van der Waals surface area contributed by atoms with Crippen LogP contribution in [0.3, 0.4) is 0 Å². The van der Waals surface area contributed by atoms with Gasteiger partial charge in [0.1, 0.15) is 17.3 Å². The molecule has 0 aliphatic heterocycles. The van der Waals surface area contributed by atoms with Crippen LogP contribution in [0.2, 0.25) is 0 Å². The van der Waals surface area contributed by atoms with E-state index in [9.17, 15) is 13.6 Å². The summed E-state index contributed by atoms with van der Waals surface area (Å²) in [6.07, 6.45) is -0.418. The van der Waals surface area contributed by atoms with Crippen molar-refractivity contribution >= 4 is 39.4 Å². The molecule has 1 amide bonds. The molecule has 2 aromatic heterocycles. The Bertz CT molecular complexity index is 1290. The van der Waals surface area contributed by atoms with Crippen LogP contribution >= 0.6 is 22.7 Å². The first kappa shape index (κ1) is 23.0. The van der Waals surface area contributed by atoms with Crippen LogP contribution in [0.15, 0.2) is 42.5 Å². The van der Waals surface area contributed by atoms with E-state index < -0.39 is 24.0 Å². The van der Waals surface area contributed by atoms with Crippen molar-refractivity contribution in [2.75, 3.05) is 24.3 Å². The van der Waals surface area contributed by atoms with Gasteiger partial charge in [0.2, 0.25) is 5.91 Å². The highest BCUT2D eigenvalue weighted by Gasteiger charge is 2.21. The van der Waals surface area contributed by atoms with Crippen molar-refractivity contribution in [1.82, 2.24) is 9.97 Å². The van der Waals surface area contributed by atoms with Crippen LogP contribution in [-0.2, 0) is 11.2 Å². The molecule has 170 valence electrons. The van der Waals surface area contributed by atoms with E-state index in [-0.39, 0.29) is 5.56 Å². The molecule has 4 aromatic rings. The number of halogens is 2.